The number of fused-ring (bicyclic) bond motifs is 1. The number of ketones is 1. The molecule has 1 aromatic carbocycles. The van der Waals surface area contributed by atoms with Crippen molar-refractivity contribution in [1.82, 2.24) is 14.6 Å². The molecule has 2 aromatic heterocycles. The number of primary amides is 1. The number of hydrogen-bond donors (Lipinski definition) is 1. The Hall–Kier alpha value is -3.74. The van der Waals surface area contributed by atoms with Crippen molar-refractivity contribution in [3.63, 3.8) is 0 Å². The van der Waals surface area contributed by atoms with Crippen molar-refractivity contribution in [2.75, 3.05) is 0 Å². The number of pyridine rings is 1. The molecule has 0 radical (unpaired) electrons. The van der Waals surface area contributed by atoms with Crippen LogP contribution in [0.4, 0.5) is 0 Å². The molecule has 3 heterocycles. The molecular weight excluding hydrogens is 392 g/mol. The third kappa shape index (κ3) is 3.32. The maximum Gasteiger partial charge on any atom is 0.241 e. The van der Waals surface area contributed by atoms with E-state index in [4.69, 9.17) is 10.5 Å². The van der Waals surface area contributed by atoms with Gasteiger partial charge in [-0.1, -0.05) is 35.4 Å². The van der Waals surface area contributed by atoms with E-state index in [1.165, 1.54) is 12.4 Å². The maximum absolute atomic E-state index is 13.8. The fourth-order valence-corrected chi connectivity index (χ4v) is 4.49. The molecular formula is C24H22N4O3. The van der Waals surface area contributed by atoms with Crippen molar-refractivity contribution in [3.8, 4) is 0 Å². The van der Waals surface area contributed by atoms with Crippen LogP contribution in [0, 0.1) is 6.92 Å². The zero-order valence-corrected chi connectivity index (χ0v) is 17.2. The van der Waals surface area contributed by atoms with Gasteiger partial charge in [-0.05, 0) is 50.3 Å². The summed E-state index contributed by atoms with van der Waals surface area (Å²) in [6.45, 7) is 2.00. The maximum atomic E-state index is 13.8. The van der Waals surface area contributed by atoms with Gasteiger partial charge in [0.05, 0.1) is 5.57 Å². The summed E-state index contributed by atoms with van der Waals surface area (Å²) in [6, 6.07) is 11.7. The second-order valence-electron chi connectivity index (χ2n) is 8.18. The van der Waals surface area contributed by atoms with Crippen molar-refractivity contribution >= 4 is 28.7 Å². The van der Waals surface area contributed by atoms with Gasteiger partial charge in [0, 0.05) is 17.8 Å². The number of aryl methyl sites for hydroxylation is 1. The lowest BCUT2D eigenvalue weighted by atomic mass is 9.77. The minimum atomic E-state index is -0.930. The lowest BCUT2D eigenvalue weighted by molar-refractivity contribution is -0.129. The van der Waals surface area contributed by atoms with Crippen LogP contribution in [0.5, 0.6) is 0 Å². The fraction of sp³-hybridized carbons (Fsp3) is 0.250. The molecule has 0 unspecified atom stereocenters. The van der Waals surface area contributed by atoms with E-state index in [0.717, 1.165) is 27.9 Å². The number of nitrogens with zero attached hydrogens (tertiary/aromatic N) is 3. The molecule has 2 aliphatic rings. The average Bonchev–Trinajstić information content (AvgIpc) is 3.32. The second-order valence-corrected chi connectivity index (χ2v) is 8.18. The Labute approximate surface area is 179 Å². The molecule has 1 saturated carbocycles. The quantitative estimate of drug-likeness (QED) is 0.664. The fourth-order valence-electron chi connectivity index (χ4n) is 4.49. The van der Waals surface area contributed by atoms with E-state index >= 15 is 0 Å². The Bertz CT molecular complexity index is 1270. The summed E-state index contributed by atoms with van der Waals surface area (Å²) in [5.74, 6) is 0.102. The molecule has 0 bridgehead atoms. The van der Waals surface area contributed by atoms with Crippen LogP contribution in [-0.4, -0.2) is 31.9 Å². The number of nitrogens with two attached hydrogens (primary N) is 1. The van der Waals surface area contributed by atoms with Gasteiger partial charge in [0.2, 0.25) is 11.7 Å². The lowest BCUT2D eigenvalue weighted by Gasteiger charge is -2.33. The van der Waals surface area contributed by atoms with Gasteiger partial charge in [0.25, 0.3) is 0 Å². The Morgan fingerprint density at radius 2 is 2.00 bits per heavy atom. The summed E-state index contributed by atoms with van der Waals surface area (Å²) >= 11 is 0. The Kier molecular flexibility index (Phi) is 4.46. The number of ether oxygens (including phenoxy) is 1. The summed E-state index contributed by atoms with van der Waals surface area (Å²) in [6.07, 6.45) is 7.02. The zero-order valence-electron chi connectivity index (χ0n) is 17.2. The van der Waals surface area contributed by atoms with Crippen molar-refractivity contribution in [2.24, 2.45) is 5.73 Å². The number of allylic oxidation sites excluding steroid dienone is 1. The number of carbonyl (C=O) groups excluding carboxylic acids is 2. The summed E-state index contributed by atoms with van der Waals surface area (Å²) in [5.41, 5.74) is 9.34. The molecule has 1 fully saturated rings. The standard InChI is InChI=1S/C24H22N4O3/c1-15-3-2-4-17(11-15)21-22(18-5-6-20-26-14-27-28(20)13-18)31-24(23(21)30)9-7-16(8-10-24)12-19(25)29/h2-6,11-14H,7-10H2,1H3,(H2,25,29). The Balaban J connectivity index is 1.59. The normalized spacial score (nSPS) is 21.1. The number of Topliss-reactive ketones (excluding diaryl/α,β-unsaturated/α-hetero) is 1. The van der Waals surface area contributed by atoms with Crippen LogP contribution in [-0.2, 0) is 14.3 Å². The van der Waals surface area contributed by atoms with Crippen LogP contribution in [0.25, 0.3) is 17.0 Å². The minimum absolute atomic E-state index is 0.00934. The first kappa shape index (κ1) is 19.2. The molecule has 1 spiro atoms. The highest BCUT2D eigenvalue weighted by Crippen LogP contribution is 2.48. The first-order valence-electron chi connectivity index (χ1n) is 10.3. The van der Waals surface area contributed by atoms with E-state index in [1.54, 1.807) is 4.52 Å². The molecule has 3 aromatic rings. The molecule has 1 aliphatic heterocycles. The summed E-state index contributed by atoms with van der Waals surface area (Å²) < 4.78 is 8.17. The van der Waals surface area contributed by atoms with Gasteiger partial charge in [0.15, 0.2) is 11.2 Å². The van der Waals surface area contributed by atoms with Crippen molar-refractivity contribution < 1.29 is 14.3 Å². The highest BCUT2D eigenvalue weighted by atomic mass is 16.5. The molecule has 1 aliphatic carbocycles. The molecule has 1 amide bonds. The molecule has 2 N–H and O–H groups in total. The van der Waals surface area contributed by atoms with Gasteiger partial charge >= 0.3 is 0 Å². The first-order valence-corrected chi connectivity index (χ1v) is 10.3. The van der Waals surface area contributed by atoms with Gasteiger partial charge in [-0.15, -0.1) is 0 Å². The van der Waals surface area contributed by atoms with Gasteiger partial charge in [-0.2, -0.15) is 5.10 Å². The third-order valence-corrected chi connectivity index (χ3v) is 6.05. The molecule has 31 heavy (non-hydrogen) atoms. The van der Waals surface area contributed by atoms with Crippen LogP contribution in [0.1, 0.15) is 42.4 Å². The summed E-state index contributed by atoms with van der Waals surface area (Å²) in [7, 11) is 0. The highest BCUT2D eigenvalue weighted by Gasteiger charge is 2.51. The lowest BCUT2D eigenvalue weighted by Crippen LogP contribution is -2.39. The molecule has 0 atom stereocenters. The largest absolute Gasteiger partial charge is 0.478 e. The number of aromatic nitrogens is 3. The topological polar surface area (TPSA) is 99.6 Å². The second kappa shape index (κ2) is 7.19. The average molecular weight is 414 g/mol. The smallest absolute Gasteiger partial charge is 0.241 e. The van der Waals surface area contributed by atoms with Gasteiger partial charge < -0.3 is 10.5 Å². The number of hydrogen-bond acceptors (Lipinski definition) is 5. The molecule has 7 nitrogen and oxygen atoms in total. The first-order chi connectivity index (χ1) is 14.9. The minimum Gasteiger partial charge on any atom is -0.478 e. The predicted octanol–water partition coefficient (Wildman–Crippen LogP) is 3.23. The molecule has 7 heteroatoms. The number of carbonyl (C=O) groups is 2. The van der Waals surface area contributed by atoms with E-state index in [0.29, 0.717) is 37.0 Å². The number of benzene rings is 1. The van der Waals surface area contributed by atoms with Crippen molar-refractivity contribution in [3.05, 3.63) is 77.3 Å². The third-order valence-electron chi connectivity index (χ3n) is 6.05. The van der Waals surface area contributed by atoms with Crippen molar-refractivity contribution in [1.29, 1.82) is 0 Å². The molecule has 0 saturated heterocycles. The van der Waals surface area contributed by atoms with E-state index in [-0.39, 0.29) is 5.78 Å². The van der Waals surface area contributed by atoms with E-state index in [1.807, 2.05) is 49.5 Å². The van der Waals surface area contributed by atoms with E-state index < -0.39 is 11.5 Å². The van der Waals surface area contributed by atoms with E-state index in [9.17, 15) is 9.59 Å². The van der Waals surface area contributed by atoms with Gasteiger partial charge in [-0.25, -0.2) is 9.50 Å². The highest BCUT2D eigenvalue weighted by molar-refractivity contribution is 6.33. The summed E-state index contributed by atoms with van der Waals surface area (Å²) in [5, 5.41) is 4.21. The van der Waals surface area contributed by atoms with Crippen LogP contribution in [0.2, 0.25) is 0 Å². The monoisotopic (exact) mass is 414 g/mol. The van der Waals surface area contributed by atoms with Crippen molar-refractivity contribution in [2.45, 2.75) is 38.2 Å². The predicted molar refractivity (Wildman–Crippen MR) is 116 cm³/mol. The van der Waals surface area contributed by atoms with Crippen LogP contribution < -0.4 is 5.73 Å². The Morgan fingerprint density at radius 1 is 1.19 bits per heavy atom. The Morgan fingerprint density at radius 3 is 2.74 bits per heavy atom. The van der Waals surface area contributed by atoms with Crippen LogP contribution >= 0.6 is 0 Å². The van der Waals surface area contributed by atoms with E-state index in [2.05, 4.69) is 10.1 Å². The van der Waals surface area contributed by atoms with Crippen LogP contribution in [0.15, 0.2) is 60.6 Å². The SMILES string of the molecule is Cc1cccc(C2=C(c3ccc4ncnn4c3)OC3(CCC(=CC(N)=O)CC3)C2=O)c1. The molecule has 156 valence electrons. The van der Waals surface area contributed by atoms with Gasteiger partial charge in [-0.3, -0.25) is 9.59 Å². The number of rotatable bonds is 3. The van der Waals surface area contributed by atoms with Gasteiger partial charge in [0.1, 0.15) is 12.1 Å². The zero-order chi connectivity index (χ0) is 21.6. The number of amides is 1. The summed E-state index contributed by atoms with van der Waals surface area (Å²) in [4.78, 5) is 29.2. The van der Waals surface area contributed by atoms with Crippen LogP contribution in [0.3, 0.4) is 0 Å². The molecule has 5 rings (SSSR count).